The summed E-state index contributed by atoms with van der Waals surface area (Å²) in [5.74, 6) is -0.414. The predicted octanol–water partition coefficient (Wildman–Crippen LogP) is 2.65. The standard InChI is InChI=1S/C10H10Br2O5S/c1-15-3-5(13)9-8(7(11)10(12)18-9)17-4-6(14)16-2/h3-4H2,1-2H3. The fourth-order valence-corrected chi connectivity index (χ4v) is 3.21. The Morgan fingerprint density at radius 3 is 2.44 bits per heavy atom. The number of carbonyl (C=O) groups excluding carboxylic acids is 2. The maximum absolute atomic E-state index is 11.8. The molecule has 0 amide bonds. The van der Waals surface area contributed by atoms with E-state index in [9.17, 15) is 9.59 Å². The van der Waals surface area contributed by atoms with Gasteiger partial charge in [0.05, 0.1) is 15.4 Å². The molecule has 0 atom stereocenters. The number of carbonyl (C=O) groups is 2. The Hall–Kier alpha value is -0.440. The normalized spacial score (nSPS) is 10.2. The van der Waals surface area contributed by atoms with E-state index in [1.165, 1.54) is 25.6 Å². The van der Waals surface area contributed by atoms with Gasteiger partial charge in [-0.15, -0.1) is 11.3 Å². The molecule has 0 unspecified atom stereocenters. The molecule has 1 aromatic rings. The third kappa shape index (κ3) is 3.78. The zero-order valence-electron chi connectivity index (χ0n) is 9.62. The van der Waals surface area contributed by atoms with Gasteiger partial charge in [0, 0.05) is 7.11 Å². The Morgan fingerprint density at radius 1 is 1.22 bits per heavy atom. The molecule has 0 bridgehead atoms. The Labute approximate surface area is 125 Å². The first-order valence-corrected chi connectivity index (χ1v) is 7.11. The molecule has 100 valence electrons. The third-order valence-electron chi connectivity index (χ3n) is 1.86. The van der Waals surface area contributed by atoms with Gasteiger partial charge in [-0.25, -0.2) is 4.79 Å². The van der Waals surface area contributed by atoms with Crippen molar-refractivity contribution in [2.45, 2.75) is 0 Å². The number of ether oxygens (including phenoxy) is 3. The molecule has 0 aromatic carbocycles. The smallest absolute Gasteiger partial charge is 0.343 e. The van der Waals surface area contributed by atoms with E-state index in [2.05, 4.69) is 36.6 Å². The lowest BCUT2D eigenvalue weighted by atomic mass is 10.3. The van der Waals surface area contributed by atoms with Gasteiger partial charge in [-0.3, -0.25) is 4.79 Å². The Balaban J connectivity index is 2.94. The van der Waals surface area contributed by atoms with E-state index in [1.807, 2.05) is 0 Å². The van der Waals surface area contributed by atoms with Crippen LogP contribution in [-0.2, 0) is 14.3 Å². The van der Waals surface area contributed by atoms with Crippen LogP contribution in [0.1, 0.15) is 9.67 Å². The molecule has 0 spiro atoms. The summed E-state index contributed by atoms with van der Waals surface area (Å²) in [6, 6.07) is 0. The van der Waals surface area contributed by atoms with Crippen LogP contribution in [0, 0.1) is 0 Å². The van der Waals surface area contributed by atoms with Crippen LogP contribution in [0.15, 0.2) is 8.26 Å². The number of thiophene rings is 1. The summed E-state index contributed by atoms with van der Waals surface area (Å²) in [4.78, 5) is 23.2. The van der Waals surface area contributed by atoms with Crippen LogP contribution in [-0.4, -0.2) is 39.2 Å². The molecular formula is C10H10Br2O5S. The molecule has 0 fully saturated rings. The lowest BCUT2D eigenvalue weighted by Gasteiger charge is -2.06. The minimum atomic E-state index is -0.519. The van der Waals surface area contributed by atoms with E-state index >= 15 is 0 Å². The first-order chi connectivity index (χ1) is 8.51. The summed E-state index contributed by atoms with van der Waals surface area (Å²) >= 11 is 7.79. The fraction of sp³-hybridized carbons (Fsp3) is 0.400. The van der Waals surface area contributed by atoms with E-state index in [-0.39, 0.29) is 19.0 Å². The summed E-state index contributed by atoms with van der Waals surface area (Å²) in [5, 5.41) is 0. The van der Waals surface area contributed by atoms with E-state index in [1.54, 1.807) is 0 Å². The highest BCUT2D eigenvalue weighted by molar-refractivity contribution is 9.13. The van der Waals surface area contributed by atoms with Crippen LogP contribution < -0.4 is 4.74 Å². The molecule has 1 rings (SSSR count). The monoisotopic (exact) mass is 400 g/mol. The van der Waals surface area contributed by atoms with Gasteiger partial charge < -0.3 is 14.2 Å². The van der Waals surface area contributed by atoms with Crippen molar-refractivity contribution >= 4 is 54.9 Å². The van der Waals surface area contributed by atoms with Gasteiger partial charge >= 0.3 is 5.97 Å². The Bertz CT molecular complexity index is 457. The van der Waals surface area contributed by atoms with Crippen LogP contribution >= 0.6 is 43.2 Å². The van der Waals surface area contributed by atoms with Gasteiger partial charge in [-0.1, -0.05) is 0 Å². The van der Waals surface area contributed by atoms with Crippen molar-refractivity contribution in [2.24, 2.45) is 0 Å². The van der Waals surface area contributed by atoms with Crippen LogP contribution in [0.5, 0.6) is 5.75 Å². The first kappa shape index (κ1) is 15.6. The summed E-state index contributed by atoms with van der Waals surface area (Å²) in [7, 11) is 2.70. The topological polar surface area (TPSA) is 61.8 Å². The average molecular weight is 402 g/mol. The Morgan fingerprint density at radius 2 is 1.89 bits per heavy atom. The molecule has 18 heavy (non-hydrogen) atoms. The average Bonchev–Trinajstić information content (AvgIpc) is 2.63. The van der Waals surface area contributed by atoms with Gasteiger partial charge in [-0.2, -0.15) is 0 Å². The molecule has 5 nitrogen and oxygen atoms in total. The molecule has 8 heteroatoms. The van der Waals surface area contributed by atoms with Gasteiger partial charge in [0.2, 0.25) is 5.78 Å². The van der Waals surface area contributed by atoms with Crippen molar-refractivity contribution in [1.82, 2.24) is 0 Å². The summed E-state index contributed by atoms with van der Waals surface area (Å²) in [6.45, 7) is -0.306. The number of Topliss-reactive ketones (excluding diaryl/α,β-unsaturated/α-hetero) is 1. The van der Waals surface area contributed by atoms with Crippen LogP contribution in [0.3, 0.4) is 0 Å². The SMILES string of the molecule is COCC(=O)c1sc(Br)c(Br)c1OCC(=O)OC. The van der Waals surface area contributed by atoms with Crippen molar-refractivity contribution in [3.8, 4) is 5.75 Å². The quantitative estimate of drug-likeness (QED) is 0.541. The van der Waals surface area contributed by atoms with E-state index in [0.717, 1.165) is 0 Å². The molecule has 0 aliphatic carbocycles. The first-order valence-electron chi connectivity index (χ1n) is 4.70. The highest BCUT2D eigenvalue weighted by Crippen LogP contribution is 2.43. The highest BCUT2D eigenvalue weighted by Gasteiger charge is 2.22. The summed E-state index contributed by atoms with van der Waals surface area (Å²) < 4.78 is 15.9. The van der Waals surface area contributed by atoms with E-state index in [4.69, 9.17) is 9.47 Å². The molecule has 0 saturated heterocycles. The highest BCUT2D eigenvalue weighted by atomic mass is 79.9. The number of rotatable bonds is 6. The van der Waals surface area contributed by atoms with Crippen LogP contribution in [0.2, 0.25) is 0 Å². The van der Waals surface area contributed by atoms with Crippen molar-refractivity contribution in [1.29, 1.82) is 0 Å². The molecular weight excluding hydrogens is 392 g/mol. The second-order valence-electron chi connectivity index (χ2n) is 3.07. The van der Waals surface area contributed by atoms with E-state index < -0.39 is 5.97 Å². The second kappa shape index (κ2) is 7.22. The second-order valence-corrected chi connectivity index (χ2v) is 6.20. The maximum atomic E-state index is 11.8. The van der Waals surface area contributed by atoms with Crippen molar-refractivity contribution in [2.75, 3.05) is 27.4 Å². The number of ketones is 1. The number of hydrogen-bond donors (Lipinski definition) is 0. The molecule has 0 radical (unpaired) electrons. The predicted molar refractivity (Wildman–Crippen MR) is 73.4 cm³/mol. The molecule has 0 saturated carbocycles. The Kier molecular flexibility index (Phi) is 6.27. The largest absolute Gasteiger partial charge is 0.479 e. The number of hydrogen-bond acceptors (Lipinski definition) is 6. The van der Waals surface area contributed by atoms with Crippen molar-refractivity contribution in [3.05, 3.63) is 13.1 Å². The lowest BCUT2D eigenvalue weighted by Crippen LogP contribution is -2.14. The molecule has 0 N–H and O–H groups in total. The maximum Gasteiger partial charge on any atom is 0.343 e. The molecule has 0 aliphatic heterocycles. The van der Waals surface area contributed by atoms with Crippen molar-refractivity contribution < 1.29 is 23.8 Å². The molecule has 1 heterocycles. The minimum absolute atomic E-state index is 0.0476. The number of methoxy groups -OCH3 is 2. The van der Waals surface area contributed by atoms with Gasteiger partial charge in [0.1, 0.15) is 11.5 Å². The number of halogens is 2. The van der Waals surface area contributed by atoms with Crippen LogP contribution in [0.4, 0.5) is 0 Å². The number of esters is 1. The zero-order valence-corrected chi connectivity index (χ0v) is 13.6. The minimum Gasteiger partial charge on any atom is -0.479 e. The van der Waals surface area contributed by atoms with E-state index in [0.29, 0.717) is 18.9 Å². The van der Waals surface area contributed by atoms with Crippen molar-refractivity contribution in [3.63, 3.8) is 0 Å². The zero-order chi connectivity index (χ0) is 13.7. The fourth-order valence-electron chi connectivity index (χ4n) is 1.07. The summed E-state index contributed by atoms with van der Waals surface area (Å²) in [6.07, 6.45) is 0. The van der Waals surface area contributed by atoms with Crippen LogP contribution in [0.25, 0.3) is 0 Å². The lowest BCUT2D eigenvalue weighted by molar-refractivity contribution is -0.142. The molecule has 0 aliphatic rings. The summed E-state index contributed by atoms with van der Waals surface area (Å²) in [5.41, 5.74) is 0. The third-order valence-corrected chi connectivity index (χ3v) is 5.29. The van der Waals surface area contributed by atoms with Gasteiger partial charge in [0.25, 0.3) is 0 Å². The van der Waals surface area contributed by atoms with Gasteiger partial charge in [-0.05, 0) is 31.9 Å². The molecule has 1 aromatic heterocycles. The van der Waals surface area contributed by atoms with Gasteiger partial charge in [0.15, 0.2) is 12.4 Å².